The molecule has 2 aromatic rings. The van der Waals surface area contributed by atoms with E-state index in [1.807, 2.05) is 0 Å². The van der Waals surface area contributed by atoms with Gasteiger partial charge in [-0.3, -0.25) is 4.79 Å². The van der Waals surface area contributed by atoms with Crippen LogP contribution in [0.3, 0.4) is 0 Å². The molecule has 0 saturated heterocycles. The highest BCUT2D eigenvalue weighted by Crippen LogP contribution is 2.34. The van der Waals surface area contributed by atoms with E-state index in [0.29, 0.717) is 12.7 Å². The van der Waals surface area contributed by atoms with Crippen molar-refractivity contribution < 1.29 is 26.7 Å². The van der Waals surface area contributed by atoms with Gasteiger partial charge in [-0.25, -0.2) is 13.4 Å². The molecule has 1 aliphatic rings. The van der Waals surface area contributed by atoms with Gasteiger partial charge >= 0.3 is 0 Å². The third-order valence-corrected chi connectivity index (χ3v) is 5.12. The predicted octanol–water partition coefficient (Wildman–Crippen LogP) is 4.05. The molecular formula is C21H22F2N2O4S. The number of nitrogens with zero attached hydrogens (tertiary/aromatic N) is 1. The van der Waals surface area contributed by atoms with Crippen molar-refractivity contribution in [2.24, 2.45) is 5.92 Å². The van der Waals surface area contributed by atoms with Crippen LogP contribution < -0.4 is 10.1 Å². The number of aromatic nitrogens is 1. The smallest absolute Gasteiger partial charge is 0.287 e. The van der Waals surface area contributed by atoms with Crippen LogP contribution in [0.5, 0.6) is 11.6 Å². The summed E-state index contributed by atoms with van der Waals surface area (Å²) in [5.74, 6) is -3.59. The van der Waals surface area contributed by atoms with Crippen LogP contribution in [-0.2, 0) is 15.8 Å². The molecule has 1 saturated carbocycles. The minimum Gasteiger partial charge on any atom is -0.438 e. The number of ether oxygens (including phenoxy) is 1. The first kappa shape index (κ1) is 21.9. The van der Waals surface area contributed by atoms with Crippen molar-refractivity contribution in [2.45, 2.75) is 31.7 Å². The Bertz CT molecular complexity index is 1050. The second-order valence-electron chi connectivity index (χ2n) is 7.35. The zero-order valence-electron chi connectivity index (χ0n) is 16.5. The van der Waals surface area contributed by atoms with Gasteiger partial charge in [0, 0.05) is 18.6 Å². The van der Waals surface area contributed by atoms with Gasteiger partial charge in [0.15, 0.2) is 9.84 Å². The summed E-state index contributed by atoms with van der Waals surface area (Å²) >= 11 is 0. The zero-order valence-corrected chi connectivity index (χ0v) is 17.3. The normalized spacial score (nSPS) is 15.7. The number of hydrogen-bond acceptors (Lipinski definition) is 5. The molecule has 0 spiro atoms. The lowest BCUT2D eigenvalue weighted by Gasteiger charge is -2.17. The maximum atomic E-state index is 13.8. The van der Waals surface area contributed by atoms with Gasteiger partial charge in [-0.1, -0.05) is 24.3 Å². The van der Waals surface area contributed by atoms with Gasteiger partial charge in [0.1, 0.15) is 17.0 Å². The quantitative estimate of drug-likeness (QED) is 0.675. The van der Waals surface area contributed by atoms with E-state index < -0.39 is 33.4 Å². The van der Waals surface area contributed by atoms with E-state index in [0.717, 1.165) is 30.6 Å². The molecule has 9 heteroatoms. The highest BCUT2D eigenvalue weighted by atomic mass is 32.2. The summed E-state index contributed by atoms with van der Waals surface area (Å²) in [5.41, 5.74) is -0.550. The highest BCUT2D eigenvalue weighted by molar-refractivity contribution is 7.93. The minimum atomic E-state index is -3.35. The van der Waals surface area contributed by atoms with Crippen LogP contribution in [0.1, 0.15) is 35.8 Å². The molecule has 1 aromatic carbocycles. The van der Waals surface area contributed by atoms with Gasteiger partial charge in [-0.05, 0) is 43.0 Å². The average Bonchev–Trinajstić information content (AvgIpc) is 3.49. The van der Waals surface area contributed by atoms with Crippen LogP contribution >= 0.6 is 0 Å². The Morgan fingerprint density at radius 2 is 1.90 bits per heavy atom. The van der Waals surface area contributed by atoms with Gasteiger partial charge in [0.25, 0.3) is 11.8 Å². The van der Waals surface area contributed by atoms with Crippen LogP contribution in [0.15, 0.2) is 53.9 Å². The molecule has 30 heavy (non-hydrogen) atoms. The Kier molecular flexibility index (Phi) is 6.21. The molecule has 1 amide bonds. The minimum absolute atomic E-state index is 0.0229. The molecule has 1 unspecified atom stereocenters. The first-order valence-corrected chi connectivity index (χ1v) is 11.3. The fraction of sp³-hybridized carbons (Fsp3) is 0.333. The zero-order chi connectivity index (χ0) is 21.9. The van der Waals surface area contributed by atoms with E-state index in [-0.39, 0.29) is 17.4 Å². The second kappa shape index (κ2) is 8.51. The van der Waals surface area contributed by atoms with E-state index >= 15 is 0 Å². The Balaban J connectivity index is 1.90. The number of rotatable bonds is 8. The SMILES string of the molecule is CC(F)(F)c1ccc(C(=O)NC(C=CS(C)(=O)=O)C2CC2)c(Oc2ccccc2)n1. The number of pyridine rings is 1. The van der Waals surface area contributed by atoms with Crippen molar-refractivity contribution in [1.29, 1.82) is 0 Å². The first-order valence-electron chi connectivity index (χ1n) is 9.34. The highest BCUT2D eigenvalue weighted by Gasteiger charge is 2.33. The van der Waals surface area contributed by atoms with E-state index in [2.05, 4.69) is 10.3 Å². The Morgan fingerprint density at radius 1 is 1.23 bits per heavy atom. The summed E-state index contributed by atoms with van der Waals surface area (Å²) in [6.45, 7) is 0.709. The molecule has 1 aromatic heterocycles. The third-order valence-electron chi connectivity index (χ3n) is 4.47. The number of amides is 1. The molecule has 1 heterocycles. The van der Waals surface area contributed by atoms with Gasteiger partial charge in [0.05, 0.1) is 6.04 Å². The number of carbonyl (C=O) groups excluding carboxylic acids is 1. The fourth-order valence-electron chi connectivity index (χ4n) is 2.77. The van der Waals surface area contributed by atoms with Crippen molar-refractivity contribution in [1.82, 2.24) is 10.3 Å². The number of hydrogen-bond donors (Lipinski definition) is 1. The number of alkyl halides is 2. The number of nitrogens with one attached hydrogen (secondary N) is 1. The molecule has 1 aliphatic carbocycles. The number of halogens is 2. The summed E-state index contributed by atoms with van der Waals surface area (Å²) in [5, 5.41) is 3.81. The Labute approximate surface area is 173 Å². The van der Waals surface area contributed by atoms with E-state index in [1.165, 1.54) is 12.1 Å². The predicted molar refractivity (Wildman–Crippen MR) is 108 cm³/mol. The van der Waals surface area contributed by atoms with Gasteiger partial charge in [-0.2, -0.15) is 8.78 Å². The van der Waals surface area contributed by atoms with Crippen molar-refractivity contribution in [2.75, 3.05) is 6.26 Å². The van der Waals surface area contributed by atoms with Crippen LogP contribution in [-0.4, -0.2) is 31.6 Å². The largest absolute Gasteiger partial charge is 0.438 e. The lowest BCUT2D eigenvalue weighted by atomic mass is 10.1. The maximum absolute atomic E-state index is 13.8. The number of carbonyl (C=O) groups is 1. The standard InChI is InChI=1S/C21H22F2N2O4S/c1-21(22,23)18-11-10-16(20(25-18)29-15-6-4-3-5-7-15)19(26)24-17(14-8-9-14)12-13-30(2,27)28/h3-7,10-14,17H,8-9H2,1-2H3,(H,24,26). The lowest BCUT2D eigenvalue weighted by molar-refractivity contribution is 0.0122. The first-order chi connectivity index (χ1) is 14.0. The Hall–Kier alpha value is -2.81. The van der Waals surface area contributed by atoms with Gasteiger partial charge in [0.2, 0.25) is 5.88 Å². The molecule has 3 rings (SSSR count). The summed E-state index contributed by atoms with van der Waals surface area (Å²) in [6, 6.07) is 10.2. The second-order valence-corrected chi connectivity index (χ2v) is 9.28. The number of benzene rings is 1. The maximum Gasteiger partial charge on any atom is 0.287 e. The average molecular weight is 436 g/mol. The molecule has 0 aliphatic heterocycles. The van der Waals surface area contributed by atoms with E-state index in [4.69, 9.17) is 4.74 Å². The summed E-state index contributed by atoms with van der Waals surface area (Å²) in [4.78, 5) is 16.7. The topological polar surface area (TPSA) is 85.4 Å². The molecular weight excluding hydrogens is 414 g/mol. The number of sulfone groups is 1. The molecule has 1 atom stereocenters. The molecule has 6 nitrogen and oxygen atoms in total. The number of para-hydroxylation sites is 1. The van der Waals surface area contributed by atoms with Crippen molar-refractivity contribution in [3.63, 3.8) is 0 Å². The van der Waals surface area contributed by atoms with E-state index in [9.17, 15) is 22.0 Å². The third kappa shape index (κ3) is 6.09. The molecule has 160 valence electrons. The van der Waals surface area contributed by atoms with Crippen LogP contribution in [0.25, 0.3) is 0 Å². The van der Waals surface area contributed by atoms with Crippen molar-refractivity contribution in [3.8, 4) is 11.6 Å². The summed E-state index contributed by atoms with van der Waals surface area (Å²) in [7, 11) is -3.35. The molecule has 1 N–H and O–H groups in total. The fourth-order valence-corrected chi connectivity index (χ4v) is 3.23. The summed E-state index contributed by atoms with van der Waals surface area (Å²) < 4.78 is 56.0. The van der Waals surface area contributed by atoms with Crippen molar-refractivity contribution >= 4 is 15.7 Å². The van der Waals surface area contributed by atoms with Crippen molar-refractivity contribution in [3.05, 3.63) is 65.2 Å². The molecule has 0 radical (unpaired) electrons. The van der Waals surface area contributed by atoms with Gasteiger partial charge in [-0.15, -0.1) is 0 Å². The summed E-state index contributed by atoms with van der Waals surface area (Å²) in [6.07, 6.45) is 4.20. The van der Waals surface area contributed by atoms with Crippen LogP contribution in [0.4, 0.5) is 8.78 Å². The monoisotopic (exact) mass is 436 g/mol. The van der Waals surface area contributed by atoms with Crippen LogP contribution in [0.2, 0.25) is 0 Å². The Morgan fingerprint density at radius 3 is 2.47 bits per heavy atom. The van der Waals surface area contributed by atoms with Gasteiger partial charge < -0.3 is 10.1 Å². The lowest BCUT2D eigenvalue weighted by Crippen LogP contribution is -2.35. The van der Waals surface area contributed by atoms with Crippen LogP contribution in [0, 0.1) is 5.92 Å². The molecule has 0 bridgehead atoms. The molecule has 1 fully saturated rings. The van der Waals surface area contributed by atoms with E-state index in [1.54, 1.807) is 30.3 Å².